The molecule has 0 radical (unpaired) electrons. The molecule has 2 aromatic rings. The minimum absolute atomic E-state index is 0.0343. The van der Waals surface area contributed by atoms with Gasteiger partial charge in [-0.25, -0.2) is 8.42 Å². The maximum Gasteiger partial charge on any atom is 0.243 e. The van der Waals surface area contributed by atoms with Gasteiger partial charge < -0.3 is 4.90 Å². The molecule has 0 bridgehead atoms. The third-order valence-electron chi connectivity index (χ3n) is 5.73. The van der Waals surface area contributed by atoms with Gasteiger partial charge in [-0.3, -0.25) is 9.59 Å². The summed E-state index contributed by atoms with van der Waals surface area (Å²) in [5, 5.41) is 0. The molecule has 1 aliphatic heterocycles. The van der Waals surface area contributed by atoms with Gasteiger partial charge in [-0.15, -0.1) is 0 Å². The van der Waals surface area contributed by atoms with Gasteiger partial charge in [0.25, 0.3) is 0 Å². The van der Waals surface area contributed by atoms with E-state index in [0.717, 1.165) is 16.7 Å². The first-order chi connectivity index (χ1) is 14.7. The molecule has 6 nitrogen and oxygen atoms in total. The van der Waals surface area contributed by atoms with E-state index in [1.165, 1.54) is 4.31 Å². The van der Waals surface area contributed by atoms with E-state index in [-0.39, 0.29) is 36.0 Å². The van der Waals surface area contributed by atoms with Gasteiger partial charge in [-0.1, -0.05) is 35.4 Å². The quantitative estimate of drug-likeness (QED) is 0.642. The molecule has 1 saturated heterocycles. The molecule has 0 unspecified atom stereocenters. The Morgan fingerprint density at radius 3 is 2.23 bits per heavy atom. The number of benzene rings is 2. The van der Waals surface area contributed by atoms with Crippen molar-refractivity contribution in [3.05, 3.63) is 64.7 Å². The third-order valence-corrected chi connectivity index (χ3v) is 7.64. The summed E-state index contributed by atoms with van der Waals surface area (Å²) in [6, 6.07) is 12.6. The lowest BCUT2D eigenvalue weighted by Gasteiger charge is -2.22. The van der Waals surface area contributed by atoms with Crippen LogP contribution in [0.25, 0.3) is 0 Å². The Bertz CT molecular complexity index is 1060. The molecule has 31 heavy (non-hydrogen) atoms. The van der Waals surface area contributed by atoms with Gasteiger partial charge in [-0.2, -0.15) is 4.31 Å². The summed E-state index contributed by atoms with van der Waals surface area (Å²) < 4.78 is 27.3. The lowest BCUT2D eigenvalue weighted by molar-refractivity contribution is -0.131. The van der Waals surface area contributed by atoms with E-state index in [1.807, 2.05) is 39.0 Å². The van der Waals surface area contributed by atoms with Crippen LogP contribution >= 0.6 is 0 Å². The number of carbonyl (C=O) groups excluding carboxylic acids is 2. The van der Waals surface area contributed by atoms with Crippen molar-refractivity contribution in [2.24, 2.45) is 0 Å². The molecule has 7 heteroatoms. The Kier molecular flexibility index (Phi) is 7.28. The van der Waals surface area contributed by atoms with Crippen LogP contribution < -0.4 is 0 Å². The summed E-state index contributed by atoms with van der Waals surface area (Å²) in [4.78, 5) is 27.2. The zero-order valence-corrected chi connectivity index (χ0v) is 19.2. The van der Waals surface area contributed by atoms with Crippen molar-refractivity contribution < 1.29 is 18.0 Å². The maximum absolute atomic E-state index is 12.9. The van der Waals surface area contributed by atoms with E-state index in [4.69, 9.17) is 0 Å². The van der Waals surface area contributed by atoms with Gasteiger partial charge in [-0.05, 0) is 51.0 Å². The fraction of sp³-hybridized carbons (Fsp3) is 0.417. The van der Waals surface area contributed by atoms with E-state index >= 15 is 0 Å². The van der Waals surface area contributed by atoms with Crippen molar-refractivity contribution in [1.82, 2.24) is 9.21 Å². The smallest absolute Gasteiger partial charge is 0.243 e. The number of amides is 1. The molecule has 1 amide bonds. The first-order valence-corrected chi connectivity index (χ1v) is 12.1. The first-order valence-electron chi connectivity index (χ1n) is 10.6. The van der Waals surface area contributed by atoms with Crippen molar-refractivity contribution in [3.8, 4) is 0 Å². The second-order valence-electron chi connectivity index (χ2n) is 8.19. The van der Waals surface area contributed by atoms with Gasteiger partial charge >= 0.3 is 0 Å². The standard InChI is InChI=1S/C24H30N2O4S/c1-18-6-9-21(10-7-18)31(29,30)26-14-4-13-25(15-16-26)24(28)12-11-23(27)22-17-19(2)5-8-20(22)3/h5-10,17H,4,11-16H2,1-3H3. The van der Waals surface area contributed by atoms with Crippen LogP contribution in [-0.4, -0.2) is 55.5 Å². The lowest BCUT2D eigenvalue weighted by Crippen LogP contribution is -2.37. The second kappa shape index (κ2) is 9.75. The Morgan fingerprint density at radius 1 is 0.839 bits per heavy atom. The Hall–Kier alpha value is -2.51. The van der Waals surface area contributed by atoms with Crippen LogP contribution in [0.2, 0.25) is 0 Å². The molecular weight excluding hydrogens is 412 g/mol. The van der Waals surface area contributed by atoms with Crippen LogP contribution in [0.15, 0.2) is 47.4 Å². The van der Waals surface area contributed by atoms with E-state index < -0.39 is 10.0 Å². The van der Waals surface area contributed by atoms with Crippen molar-refractivity contribution in [1.29, 1.82) is 0 Å². The highest BCUT2D eigenvalue weighted by molar-refractivity contribution is 7.89. The molecule has 0 aromatic heterocycles. The van der Waals surface area contributed by atoms with E-state index in [9.17, 15) is 18.0 Å². The second-order valence-corrected chi connectivity index (χ2v) is 10.1. The third kappa shape index (κ3) is 5.60. The molecule has 1 fully saturated rings. The van der Waals surface area contributed by atoms with Crippen molar-refractivity contribution in [2.75, 3.05) is 26.2 Å². The monoisotopic (exact) mass is 442 g/mol. The Balaban J connectivity index is 1.59. The molecule has 0 saturated carbocycles. The van der Waals surface area contributed by atoms with Crippen LogP contribution in [0.4, 0.5) is 0 Å². The maximum atomic E-state index is 12.9. The summed E-state index contributed by atoms with van der Waals surface area (Å²) in [6.45, 7) is 7.21. The van der Waals surface area contributed by atoms with Crippen LogP contribution in [0.1, 0.15) is 46.3 Å². The highest BCUT2D eigenvalue weighted by Gasteiger charge is 2.28. The Labute approximate surface area is 184 Å². The normalized spacial score (nSPS) is 15.5. The fourth-order valence-electron chi connectivity index (χ4n) is 3.79. The molecule has 3 rings (SSSR count). The number of ketones is 1. The first kappa shape index (κ1) is 23.2. The molecule has 0 spiro atoms. The van der Waals surface area contributed by atoms with Gasteiger partial charge in [0, 0.05) is 44.6 Å². The summed E-state index contributed by atoms with van der Waals surface area (Å²) in [5.41, 5.74) is 3.60. The average molecular weight is 443 g/mol. The number of rotatable bonds is 6. The minimum atomic E-state index is -3.58. The number of sulfonamides is 1. The van der Waals surface area contributed by atoms with E-state index in [2.05, 4.69) is 0 Å². The highest BCUT2D eigenvalue weighted by Crippen LogP contribution is 2.19. The summed E-state index contributed by atoms with van der Waals surface area (Å²) in [6.07, 6.45) is 0.865. The van der Waals surface area contributed by atoms with Crippen molar-refractivity contribution in [3.63, 3.8) is 0 Å². The molecule has 1 aliphatic rings. The lowest BCUT2D eigenvalue weighted by atomic mass is 9.99. The van der Waals surface area contributed by atoms with Crippen LogP contribution in [0.5, 0.6) is 0 Å². The summed E-state index contributed by atoms with van der Waals surface area (Å²) in [5.74, 6) is -0.138. The van der Waals surface area contributed by atoms with E-state index in [1.54, 1.807) is 29.2 Å². The predicted molar refractivity (Wildman–Crippen MR) is 121 cm³/mol. The zero-order chi connectivity index (χ0) is 22.6. The van der Waals surface area contributed by atoms with Gasteiger partial charge in [0.1, 0.15) is 0 Å². The number of nitrogens with zero attached hydrogens (tertiary/aromatic N) is 2. The van der Waals surface area contributed by atoms with E-state index in [0.29, 0.717) is 31.6 Å². The van der Waals surface area contributed by atoms with Crippen LogP contribution in [-0.2, 0) is 14.8 Å². The summed E-state index contributed by atoms with van der Waals surface area (Å²) in [7, 11) is -3.58. The summed E-state index contributed by atoms with van der Waals surface area (Å²) >= 11 is 0. The van der Waals surface area contributed by atoms with Gasteiger partial charge in [0.05, 0.1) is 4.90 Å². The fourth-order valence-corrected chi connectivity index (χ4v) is 5.26. The molecule has 1 heterocycles. The Morgan fingerprint density at radius 2 is 1.52 bits per heavy atom. The van der Waals surface area contributed by atoms with Crippen LogP contribution in [0, 0.1) is 20.8 Å². The van der Waals surface area contributed by atoms with Gasteiger partial charge in [0.2, 0.25) is 15.9 Å². The SMILES string of the molecule is Cc1ccc(S(=O)(=O)N2CCCN(C(=O)CCC(=O)c3cc(C)ccc3C)CC2)cc1. The average Bonchev–Trinajstić information content (AvgIpc) is 3.01. The molecule has 166 valence electrons. The van der Waals surface area contributed by atoms with Crippen LogP contribution in [0.3, 0.4) is 0 Å². The minimum Gasteiger partial charge on any atom is -0.341 e. The predicted octanol–water partition coefficient (Wildman–Crippen LogP) is 3.50. The largest absolute Gasteiger partial charge is 0.341 e. The molecule has 0 N–H and O–H groups in total. The topological polar surface area (TPSA) is 74.8 Å². The number of aryl methyl sites for hydroxylation is 3. The number of hydrogen-bond donors (Lipinski definition) is 0. The van der Waals surface area contributed by atoms with Crippen molar-refractivity contribution >= 4 is 21.7 Å². The number of carbonyl (C=O) groups is 2. The molecule has 2 aromatic carbocycles. The molecule has 0 atom stereocenters. The van der Waals surface area contributed by atoms with Gasteiger partial charge in [0.15, 0.2) is 5.78 Å². The number of Topliss-reactive ketones (excluding diaryl/α,β-unsaturated/α-hetero) is 1. The van der Waals surface area contributed by atoms with Crippen molar-refractivity contribution in [2.45, 2.75) is 44.9 Å². The zero-order valence-electron chi connectivity index (χ0n) is 18.4. The molecular formula is C24H30N2O4S. The highest BCUT2D eigenvalue weighted by atomic mass is 32.2. The number of hydrogen-bond acceptors (Lipinski definition) is 4. The molecule has 0 aliphatic carbocycles.